The summed E-state index contributed by atoms with van der Waals surface area (Å²) in [5.41, 5.74) is 1.71. The molecule has 3 heterocycles. The zero-order valence-corrected chi connectivity index (χ0v) is 8.32. The third kappa shape index (κ3) is 0.944. The van der Waals surface area contributed by atoms with Crippen LogP contribution in [0.15, 0.2) is 12.4 Å². The molecule has 0 saturated heterocycles. The van der Waals surface area contributed by atoms with Crippen LogP contribution in [0.1, 0.15) is 12.5 Å². The molecule has 1 atom stereocenters. The molecular formula is C9H8ClN3O. The zero-order chi connectivity index (χ0) is 9.71. The maximum atomic E-state index is 6.03. The lowest BCUT2D eigenvalue weighted by Gasteiger charge is -2.03. The molecule has 72 valence electrons. The van der Waals surface area contributed by atoms with Gasteiger partial charge in [0.05, 0.1) is 0 Å². The van der Waals surface area contributed by atoms with Crippen molar-refractivity contribution >= 4 is 17.2 Å². The number of imidazole rings is 1. The first kappa shape index (κ1) is 8.05. The summed E-state index contributed by atoms with van der Waals surface area (Å²) in [7, 11) is 0. The fourth-order valence-electron chi connectivity index (χ4n) is 1.75. The van der Waals surface area contributed by atoms with Crippen molar-refractivity contribution in [1.29, 1.82) is 0 Å². The Balaban J connectivity index is 2.38. The molecule has 4 nitrogen and oxygen atoms in total. The summed E-state index contributed by atoms with van der Waals surface area (Å²) < 4.78 is 7.29. The second-order valence-electron chi connectivity index (χ2n) is 3.43. The number of rotatable bonds is 0. The maximum absolute atomic E-state index is 6.03. The van der Waals surface area contributed by atoms with Gasteiger partial charge in [-0.2, -0.15) is 5.10 Å². The van der Waals surface area contributed by atoms with Crippen LogP contribution in [0.25, 0.3) is 5.65 Å². The minimum atomic E-state index is 0.159. The van der Waals surface area contributed by atoms with Gasteiger partial charge in [0.2, 0.25) is 0 Å². The highest BCUT2D eigenvalue weighted by Gasteiger charge is 2.26. The van der Waals surface area contributed by atoms with Crippen LogP contribution in [0.4, 0.5) is 0 Å². The van der Waals surface area contributed by atoms with Crippen LogP contribution in [0.2, 0.25) is 5.15 Å². The predicted molar refractivity (Wildman–Crippen MR) is 51.8 cm³/mol. The summed E-state index contributed by atoms with van der Waals surface area (Å²) in [6, 6.07) is 0. The average Bonchev–Trinajstić information content (AvgIpc) is 2.69. The van der Waals surface area contributed by atoms with Crippen LogP contribution in [-0.4, -0.2) is 20.7 Å². The average molecular weight is 210 g/mol. The van der Waals surface area contributed by atoms with Gasteiger partial charge in [-0.15, -0.1) is 0 Å². The van der Waals surface area contributed by atoms with Crippen LogP contribution >= 0.6 is 11.6 Å². The second-order valence-corrected chi connectivity index (χ2v) is 3.78. The first-order valence-corrected chi connectivity index (χ1v) is 4.82. The Labute approximate surface area is 85.5 Å². The zero-order valence-electron chi connectivity index (χ0n) is 7.57. The van der Waals surface area contributed by atoms with Crippen molar-refractivity contribution in [2.24, 2.45) is 0 Å². The van der Waals surface area contributed by atoms with E-state index in [4.69, 9.17) is 16.3 Å². The molecule has 0 aliphatic carbocycles. The van der Waals surface area contributed by atoms with Gasteiger partial charge >= 0.3 is 0 Å². The summed E-state index contributed by atoms with van der Waals surface area (Å²) in [5, 5.41) is 4.69. The van der Waals surface area contributed by atoms with E-state index in [2.05, 4.69) is 10.1 Å². The lowest BCUT2D eigenvalue weighted by molar-refractivity contribution is 0.256. The van der Waals surface area contributed by atoms with E-state index >= 15 is 0 Å². The molecule has 0 amide bonds. The monoisotopic (exact) mass is 209 g/mol. The molecule has 14 heavy (non-hydrogen) atoms. The molecule has 1 unspecified atom stereocenters. The topological polar surface area (TPSA) is 39.4 Å². The molecule has 0 radical (unpaired) electrons. The SMILES string of the molecule is CC1Cc2c(Cl)nn3ccnc3c2O1. The van der Waals surface area contributed by atoms with E-state index in [0.717, 1.165) is 23.4 Å². The van der Waals surface area contributed by atoms with E-state index < -0.39 is 0 Å². The van der Waals surface area contributed by atoms with Gasteiger partial charge in [0.15, 0.2) is 16.5 Å². The quantitative estimate of drug-likeness (QED) is 0.663. The number of aromatic nitrogens is 3. The maximum Gasteiger partial charge on any atom is 0.196 e. The molecule has 0 spiro atoms. The van der Waals surface area contributed by atoms with Crippen molar-refractivity contribution in [1.82, 2.24) is 14.6 Å². The predicted octanol–water partition coefficient (Wildman–Crippen LogP) is 1.71. The summed E-state index contributed by atoms with van der Waals surface area (Å²) in [6.45, 7) is 2.01. The number of nitrogens with zero attached hydrogens (tertiary/aromatic N) is 3. The van der Waals surface area contributed by atoms with Gasteiger partial charge in [0, 0.05) is 24.4 Å². The number of hydrogen-bond acceptors (Lipinski definition) is 3. The minimum absolute atomic E-state index is 0.159. The lowest BCUT2D eigenvalue weighted by Crippen LogP contribution is -2.05. The van der Waals surface area contributed by atoms with Gasteiger partial charge in [-0.05, 0) is 6.92 Å². The highest BCUT2D eigenvalue weighted by atomic mass is 35.5. The van der Waals surface area contributed by atoms with Gasteiger partial charge in [0.25, 0.3) is 0 Å². The van der Waals surface area contributed by atoms with Crippen LogP contribution in [0, 0.1) is 0 Å². The van der Waals surface area contributed by atoms with Gasteiger partial charge < -0.3 is 4.74 Å². The Kier molecular flexibility index (Phi) is 1.50. The molecule has 3 rings (SSSR count). The molecule has 2 aromatic rings. The normalized spacial score (nSPS) is 19.7. The number of fused-ring (bicyclic) bond motifs is 3. The van der Waals surface area contributed by atoms with E-state index in [1.807, 2.05) is 6.92 Å². The van der Waals surface area contributed by atoms with Crippen molar-refractivity contribution in [3.05, 3.63) is 23.1 Å². The molecule has 0 fully saturated rings. The Morgan fingerprint density at radius 2 is 2.50 bits per heavy atom. The van der Waals surface area contributed by atoms with Crippen molar-refractivity contribution in [2.75, 3.05) is 0 Å². The van der Waals surface area contributed by atoms with E-state index in [1.165, 1.54) is 0 Å². The van der Waals surface area contributed by atoms with Crippen LogP contribution < -0.4 is 4.74 Å². The Bertz CT molecular complexity index is 508. The van der Waals surface area contributed by atoms with E-state index in [9.17, 15) is 0 Å². The largest absolute Gasteiger partial charge is 0.486 e. The molecular weight excluding hydrogens is 202 g/mol. The molecule has 0 aromatic carbocycles. The number of ether oxygens (including phenoxy) is 1. The Morgan fingerprint density at radius 3 is 3.36 bits per heavy atom. The summed E-state index contributed by atoms with van der Waals surface area (Å²) >= 11 is 6.03. The van der Waals surface area contributed by atoms with E-state index in [-0.39, 0.29) is 6.10 Å². The van der Waals surface area contributed by atoms with Gasteiger partial charge in [0.1, 0.15) is 6.10 Å². The Hall–Kier alpha value is -1.29. The van der Waals surface area contributed by atoms with Crippen molar-refractivity contribution < 1.29 is 4.74 Å². The summed E-state index contributed by atoms with van der Waals surface area (Å²) in [6.07, 6.45) is 4.41. The van der Waals surface area contributed by atoms with Gasteiger partial charge in [-0.25, -0.2) is 9.50 Å². The molecule has 2 aromatic heterocycles. The first-order chi connectivity index (χ1) is 6.75. The summed E-state index contributed by atoms with van der Waals surface area (Å²) in [5.74, 6) is 0.780. The van der Waals surface area contributed by atoms with Crippen molar-refractivity contribution in [3.63, 3.8) is 0 Å². The van der Waals surface area contributed by atoms with Crippen molar-refractivity contribution in [3.8, 4) is 5.75 Å². The number of halogens is 1. The van der Waals surface area contributed by atoms with E-state index in [1.54, 1.807) is 16.9 Å². The smallest absolute Gasteiger partial charge is 0.196 e. The molecule has 0 saturated carbocycles. The standard InChI is InChI=1S/C9H8ClN3O/c1-5-4-6-7(14-5)9-11-2-3-13(9)12-8(6)10/h2-3,5H,4H2,1H3. The minimum Gasteiger partial charge on any atom is -0.486 e. The Morgan fingerprint density at radius 1 is 1.64 bits per heavy atom. The molecule has 5 heteroatoms. The highest BCUT2D eigenvalue weighted by molar-refractivity contribution is 6.30. The molecule has 1 aliphatic heterocycles. The van der Waals surface area contributed by atoms with Crippen LogP contribution in [0.5, 0.6) is 5.75 Å². The first-order valence-electron chi connectivity index (χ1n) is 4.44. The molecule has 0 bridgehead atoms. The highest BCUT2D eigenvalue weighted by Crippen LogP contribution is 2.35. The third-order valence-corrected chi connectivity index (χ3v) is 2.66. The van der Waals surface area contributed by atoms with E-state index in [0.29, 0.717) is 5.15 Å². The third-order valence-electron chi connectivity index (χ3n) is 2.35. The summed E-state index contributed by atoms with van der Waals surface area (Å²) in [4.78, 5) is 4.18. The molecule has 0 N–H and O–H groups in total. The molecule has 1 aliphatic rings. The second kappa shape index (κ2) is 2.60. The van der Waals surface area contributed by atoms with Crippen LogP contribution in [0.3, 0.4) is 0 Å². The fraction of sp³-hybridized carbons (Fsp3) is 0.333. The fourth-order valence-corrected chi connectivity index (χ4v) is 2.00. The van der Waals surface area contributed by atoms with Gasteiger partial charge in [-0.1, -0.05) is 11.6 Å². The number of hydrogen-bond donors (Lipinski definition) is 0. The lowest BCUT2D eigenvalue weighted by atomic mass is 10.2. The van der Waals surface area contributed by atoms with Crippen molar-refractivity contribution in [2.45, 2.75) is 19.4 Å². The van der Waals surface area contributed by atoms with Crippen LogP contribution in [-0.2, 0) is 6.42 Å². The van der Waals surface area contributed by atoms with Gasteiger partial charge in [-0.3, -0.25) is 0 Å².